The molecule has 70 valence electrons. The van der Waals surface area contributed by atoms with Crippen molar-refractivity contribution in [2.45, 2.75) is 20.4 Å². The van der Waals surface area contributed by atoms with Crippen molar-refractivity contribution >= 4 is 5.84 Å². The van der Waals surface area contributed by atoms with E-state index in [1.54, 1.807) is 0 Å². The monoisotopic (exact) mass is 176 g/mol. The first kappa shape index (κ1) is 9.78. The topological polar surface area (TPSA) is 27.1 Å². The average molecular weight is 176 g/mol. The smallest absolute Gasteiger partial charge is 0.0928 e. The Labute approximate surface area is 79.7 Å². The van der Waals surface area contributed by atoms with Crippen LogP contribution in [0.2, 0.25) is 0 Å². The van der Waals surface area contributed by atoms with Crippen LogP contribution in [0.25, 0.3) is 0 Å². The summed E-state index contributed by atoms with van der Waals surface area (Å²) in [6.45, 7) is 5.63. The summed E-state index contributed by atoms with van der Waals surface area (Å²) >= 11 is 0. The van der Waals surface area contributed by atoms with E-state index in [2.05, 4.69) is 19.1 Å². The highest BCUT2D eigenvalue weighted by molar-refractivity contribution is 5.76. The van der Waals surface area contributed by atoms with Gasteiger partial charge in [0, 0.05) is 13.1 Å². The molecule has 2 nitrogen and oxygen atoms in total. The molecule has 0 aliphatic carbocycles. The zero-order chi connectivity index (χ0) is 9.68. The number of nitrogens with one attached hydrogen (secondary N) is 1. The fourth-order valence-electron chi connectivity index (χ4n) is 1.27. The highest BCUT2D eigenvalue weighted by atomic mass is 15.1. The first-order valence-corrected chi connectivity index (χ1v) is 4.58. The van der Waals surface area contributed by atoms with E-state index in [0.29, 0.717) is 5.84 Å². The highest BCUT2D eigenvalue weighted by Gasteiger charge is 2.02. The number of rotatable bonds is 3. The van der Waals surface area contributed by atoms with Crippen molar-refractivity contribution in [3.63, 3.8) is 0 Å². The van der Waals surface area contributed by atoms with Crippen LogP contribution in [0, 0.1) is 5.41 Å². The highest BCUT2D eigenvalue weighted by Crippen LogP contribution is 2.03. The van der Waals surface area contributed by atoms with Crippen molar-refractivity contribution in [1.82, 2.24) is 4.90 Å². The van der Waals surface area contributed by atoms with Gasteiger partial charge in [-0.15, -0.1) is 0 Å². The van der Waals surface area contributed by atoms with Gasteiger partial charge in [0.15, 0.2) is 0 Å². The lowest BCUT2D eigenvalue weighted by atomic mass is 10.2. The van der Waals surface area contributed by atoms with E-state index in [9.17, 15) is 0 Å². The molecular weight excluding hydrogens is 160 g/mol. The average Bonchev–Trinajstić information content (AvgIpc) is 2.15. The molecule has 0 amide bonds. The number of benzene rings is 1. The molecule has 0 heterocycles. The predicted molar refractivity (Wildman–Crippen MR) is 55.9 cm³/mol. The largest absolute Gasteiger partial charge is 0.357 e. The van der Waals surface area contributed by atoms with Crippen molar-refractivity contribution in [3.05, 3.63) is 35.9 Å². The van der Waals surface area contributed by atoms with E-state index < -0.39 is 0 Å². The summed E-state index contributed by atoms with van der Waals surface area (Å²) in [5.74, 6) is 0.631. The van der Waals surface area contributed by atoms with Gasteiger partial charge >= 0.3 is 0 Å². The lowest BCUT2D eigenvalue weighted by molar-refractivity contribution is 0.430. The molecule has 0 saturated heterocycles. The van der Waals surface area contributed by atoms with Gasteiger partial charge in [0.1, 0.15) is 0 Å². The molecule has 0 radical (unpaired) electrons. The first-order chi connectivity index (χ1) is 6.24. The van der Waals surface area contributed by atoms with Crippen LogP contribution in [-0.2, 0) is 6.54 Å². The third-order valence-corrected chi connectivity index (χ3v) is 2.07. The minimum atomic E-state index is 0.631. The summed E-state index contributed by atoms with van der Waals surface area (Å²) in [4.78, 5) is 2.04. The lowest BCUT2D eigenvalue weighted by Crippen LogP contribution is -2.27. The van der Waals surface area contributed by atoms with Crippen LogP contribution in [-0.4, -0.2) is 17.3 Å². The summed E-state index contributed by atoms with van der Waals surface area (Å²) < 4.78 is 0. The van der Waals surface area contributed by atoms with Crippen molar-refractivity contribution in [1.29, 1.82) is 5.41 Å². The lowest BCUT2D eigenvalue weighted by Gasteiger charge is -2.21. The molecule has 0 fully saturated rings. The Balaban J connectivity index is 2.62. The van der Waals surface area contributed by atoms with Gasteiger partial charge in [-0.2, -0.15) is 0 Å². The second-order valence-corrected chi connectivity index (χ2v) is 3.09. The minimum Gasteiger partial charge on any atom is -0.357 e. The standard InChI is InChI=1S/C11H16N2/c1-3-13(10(2)12)9-11-7-5-4-6-8-11/h4-8,12H,3,9H2,1-2H3. The third kappa shape index (κ3) is 2.90. The van der Waals surface area contributed by atoms with Crippen molar-refractivity contribution in [2.75, 3.05) is 6.54 Å². The van der Waals surface area contributed by atoms with Crippen LogP contribution >= 0.6 is 0 Å². The van der Waals surface area contributed by atoms with Gasteiger partial charge in [-0.25, -0.2) is 0 Å². The van der Waals surface area contributed by atoms with Crippen LogP contribution in [0.15, 0.2) is 30.3 Å². The Morgan fingerprint density at radius 1 is 1.31 bits per heavy atom. The maximum Gasteiger partial charge on any atom is 0.0928 e. The Bertz CT molecular complexity index is 267. The van der Waals surface area contributed by atoms with E-state index in [1.165, 1.54) is 5.56 Å². The van der Waals surface area contributed by atoms with E-state index in [-0.39, 0.29) is 0 Å². The summed E-state index contributed by atoms with van der Waals surface area (Å²) in [5.41, 5.74) is 1.26. The molecule has 2 heteroatoms. The molecule has 0 bridgehead atoms. The van der Waals surface area contributed by atoms with Crippen molar-refractivity contribution in [3.8, 4) is 0 Å². The van der Waals surface area contributed by atoms with Gasteiger partial charge in [-0.1, -0.05) is 30.3 Å². The normalized spacial score (nSPS) is 9.69. The maximum absolute atomic E-state index is 7.53. The van der Waals surface area contributed by atoms with Gasteiger partial charge in [0.2, 0.25) is 0 Å². The van der Waals surface area contributed by atoms with Crippen LogP contribution in [0.1, 0.15) is 19.4 Å². The number of amidine groups is 1. The van der Waals surface area contributed by atoms with Crippen LogP contribution in [0.3, 0.4) is 0 Å². The first-order valence-electron chi connectivity index (χ1n) is 4.58. The second kappa shape index (κ2) is 4.65. The van der Waals surface area contributed by atoms with Crippen LogP contribution in [0.5, 0.6) is 0 Å². The van der Waals surface area contributed by atoms with Gasteiger partial charge in [-0.3, -0.25) is 5.41 Å². The van der Waals surface area contributed by atoms with Crippen LogP contribution < -0.4 is 0 Å². The predicted octanol–water partition coefficient (Wildman–Crippen LogP) is 2.51. The molecule has 13 heavy (non-hydrogen) atoms. The van der Waals surface area contributed by atoms with Gasteiger partial charge in [0.05, 0.1) is 5.84 Å². The molecule has 0 aliphatic rings. The van der Waals surface area contributed by atoms with Gasteiger partial charge in [0.25, 0.3) is 0 Å². The van der Waals surface area contributed by atoms with E-state index in [4.69, 9.17) is 5.41 Å². The quantitative estimate of drug-likeness (QED) is 0.556. The number of nitrogens with zero attached hydrogens (tertiary/aromatic N) is 1. The summed E-state index contributed by atoms with van der Waals surface area (Å²) in [6, 6.07) is 10.2. The molecule has 0 spiro atoms. The fourth-order valence-corrected chi connectivity index (χ4v) is 1.27. The Hall–Kier alpha value is -1.31. The summed E-state index contributed by atoms with van der Waals surface area (Å²) in [7, 11) is 0. The molecule has 1 aromatic rings. The Morgan fingerprint density at radius 3 is 2.38 bits per heavy atom. The molecule has 0 aliphatic heterocycles. The SMILES string of the molecule is CCN(Cc1ccccc1)C(C)=N. The molecule has 0 atom stereocenters. The molecule has 0 saturated carbocycles. The molecule has 1 rings (SSSR count). The molecule has 0 unspecified atom stereocenters. The van der Waals surface area contributed by atoms with Gasteiger partial charge in [-0.05, 0) is 19.4 Å². The second-order valence-electron chi connectivity index (χ2n) is 3.09. The molecule has 0 aromatic heterocycles. The third-order valence-electron chi connectivity index (χ3n) is 2.07. The Kier molecular flexibility index (Phi) is 3.50. The van der Waals surface area contributed by atoms with E-state index in [0.717, 1.165) is 13.1 Å². The minimum absolute atomic E-state index is 0.631. The van der Waals surface area contributed by atoms with Crippen LogP contribution in [0.4, 0.5) is 0 Å². The maximum atomic E-state index is 7.53. The number of hydrogen-bond donors (Lipinski definition) is 1. The fraction of sp³-hybridized carbons (Fsp3) is 0.364. The van der Waals surface area contributed by atoms with E-state index in [1.807, 2.05) is 30.0 Å². The number of hydrogen-bond acceptors (Lipinski definition) is 1. The molecule has 1 aromatic carbocycles. The van der Waals surface area contributed by atoms with Gasteiger partial charge < -0.3 is 4.90 Å². The zero-order valence-corrected chi connectivity index (χ0v) is 8.25. The van der Waals surface area contributed by atoms with E-state index >= 15 is 0 Å². The molecular formula is C11H16N2. The summed E-state index contributed by atoms with van der Waals surface area (Å²) in [6.07, 6.45) is 0. The summed E-state index contributed by atoms with van der Waals surface area (Å²) in [5, 5.41) is 7.53. The van der Waals surface area contributed by atoms with Crippen molar-refractivity contribution in [2.24, 2.45) is 0 Å². The van der Waals surface area contributed by atoms with Crippen molar-refractivity contribution < 1.29 is 0 Å². The molecule has 1 N–H and O–H groups in total. The zero-order valence-electron chi connectivity index (χ0n) is 8.25. The Morgan fingerprint density at radius 2 is 1.92 bits per heavy atom.